The molecule has 0 spiro atoms. The van der Waals surface area contributed by atoms with E-state index in [-0.39, 0.29) is 11.5 Å². The highest BCUT2D eigenvalue weighted by atomic mass is 32.2. The third kappa shape index (κ3) is 2.73. The van der Waals surface area contributed by atoms with Crippen LogP contribution in [0.1, 0.15) is 12.5 Å². The van der Waals surface area contributed by atoms with Gasteiger partial charge in [0.2, 0.25) is 0 Å². The molecule has 0 bridgehead atoms. The van der Waals surface area contributed by atoms with E-state index < -0.39 is 9.84 Å². The summed E-state index contributed by atoms with van der Waals surface area (Å²) in [5, 5.41) is 3.98. The van der Waals surface area contributed by atoms with Gasteiger partial charge in [-0.3, -0.25) is 4.68 Å². The molecule has 0 atom stereocenters. The van der Waals surface area contributed by atoms with Crippen LogP contribution in [0.4, 0.5) is 5.82 Å². The van der Waals surface area contributed by atoms with Gasteiger partial charge in [0.15, 0.2) is 9.84 Å². The molecule has 6 heteroatoms. The Morgan fingerprint density at radius 3 is 2.64 bits per heavy atom. The summed E-state index contributed by atoms with van der Waals surface area (Å²) in [6.45, 7) is 3.85. The zero-order chi connectivity index (χ0) is 10.8. The summed E-state index contributed by atoms with van der Waals surface area (Å²) in [5.74, 6) is 0.742. The first kappa shape index (κ1) is 11.0. The Bertz CT molecular complexity index is 389. The van der Waals surface area contributed by atoms with Crippen LogP contribution in [0.3, 0.4) is 0 Å². The van der Waals surface area contributed by atoms with Gasteiger partial charge in [0.05, 0.1) is 12.3 Å². The number of hydrogen-bond donors (Lipinski definition) is 1. The van der Waals surface area contributed by atoms with Gasteiger partial charge in [-0.2, -0.15) is 5.10 Å². The standard InChI is InChI=1S/C8H15N3O2S/c1-3-14(12,13)5-4-11-6-7(2)8(9)10-11/h6H,3-5H2,1-2H3,(H2,9,10). The number of nitrogens with zero attached hydrogens (tertiary/aromatic N) is 2. The van der Waals surface area contributed by atoms with E-state index in [2.05, 4.69) is 5.10 Å². The fourth-order valence-corrected chi connectivity index (χ4v) is 1.78. The number of aryl methyl sites for hydroxylation is 2. The van der Waals surface area contributed by atoms with Crippen LogP contribution in [0.2, 0.25) is 0 Å². The molecule has 0 aliphatic rings. The zero-order valence-corrected chi connectivity index (χ0v) is 9.21. The van der Waals surface area contributed by atoms with Gasteiger partial charge >= 0.3 is 0 Å². The van der Waals surface area contributed by atoms with Crippen molar-refractivity contribution < 1.29 is 8.42 Å². The predicted octanol–water partition coefficient (Wildman–Crippen LogP) is 0.208. The minimum atomic E-state index is -2.92. The van der Waals surface area contributed by atoms with Crippen molar-refractivity contribution >= 4 is 15.7 Å². The lowest BCUT2D eigenvalue weighted by Gasteiger charge is -2.00. The highest BCUT2D eigenvalue weighted by Crippen LogP contribution is 2.06. The first-order valence-electron chi connectivity index (χ1n) is 4.44. The number of sulfone groups is 1. The van der Waals surface area contributed by atoms with Crippen LogP contribution in [0, 0.1) is 6.92 Å². The van der Waals surface area contributed by atoms with E-state index in [0.29, 0.717) is 12.4 Å². The maximum absolute atomic E-state index is 11.2. The fraction of sp³-hybridized carbons (Fsp3) is 0.625. The van der Waals surface area contributed by atoms with Crippen LogP contribution >= 0.6 is 0 Å². The minimum absolute atomic E-state index is 0.115. The number of nitrogen functional groups attached to an aromatic ring is 1. The molecule has 1 aromatic rings. The van der Waals surface area contributed by atoms with Gasteiger partial charge in [0.1, 0.15) is 5.82 Å². The Kier molecular flexibility index (Phi) is 3.15. The van der Waals surface area contributed by atoms with Crippen LogP contribution in [0.5, 0.6) is 0 Å². The summed E-state index contributed by atoms with van der Waals surface area (Å²) < 4.78 is 24.0. The molecule has 5 nitrogen and oxygen atoms in total. The second-order valence-corrected chi connectivity index (χ2v) is 5.67. The average Bonchev–Trinajstić information content (AvgIpc) is 2.44. The minimum Gasteiger partial charge on any atom is -0.382 e. The Morgan fingerprint density at radius 1 is 1.57 bits per heavy atom. The van der Waals surface area contributed by atoms with Crippen molar-refractivity contribution in [3.8, 4) is 0 Å². The summed E-state index contributed by atoms with van der Waals surface area (Å²) in [7, 11) is -2.92. The summed E-state index contributed by atoms with van der Waals surface area (Å²) in [6, 6.07) is 0. The van der Waals surface area contributed by atoms with Crippen LogP contribution < -0.4 is 5.73 Å². The molecule has 0 amide bonds. The van der Waals surface area contributed by atoms with Crippen molar-refractivity contribution in [1.82, 2.24) is 9.78 Å². The van der Waals surface area contributed by atoms with Crippen LogP contribution in [-0.4, -0.2) is 29.7 Å². The van der Waals surface area contributed by atoms with E-state index >= 15 is 0 Å². The number of rotatable bonds is 4. The lowest BCUT2D eigenvalue weighted by atomic mass is 10.4. The number of anilines is 1. The SMILES string of the molecule is CCS(=O)(=O)CCn1cc(C)c(N)n1. The number of aromatic nitrogens is 2. The van der Waals surface area contributed by atoms with Crippen LogP contribution in [0.25, 0.3) is 0 Å². The molecule has 0 aromatic carbocycles. The highest BCUT2D eigenvalue weighted by Gasteiger charge is 2.08. The van der Waals surface area contributed by atoms with Crippen molar-refractivity contribution in [3.05, 3.63) is 11.8 Å². The fourth-order valence-electron chi connectivity index (χ4n) is 1.03. The van der Waals surface area contributed by atoms with Crippen molar-refractivity contribution in [2.24, 2.45) is 0 Å². The van der Waals surface area contributed by atoms with Gasteiger partial charge in [0, 0.05) is 17.5 Å². The molecule has 1 aromatic heterocycles. The third-order valence-electron chi connectivity index (χ3n) is 2.05. The Balaban J connectivity index is 2.63. The molecular formula is C8H15N3O2S. The molecule has 1 heterocycles. The first-order valence-corrected chi connectivity index (χ1v) is 6.26. The van der Waals surface area contributed by atoms with Crippen molar-refractivity contribution in [3.63, 3.8) is 0 Å². The van der Waals surface area contributed by atoms with E-state index in [1.165, 1.54) is 0 Å². The second-order valence-electron chi connectivity index (χ2n) is 3.20. The first-order chi connectivity index (χ1) is 6.44. The van der Waals surface area contributed by atoms with Crippen LogP contribution in [-0.2, 0) is 16.4 Å². The lowest BCUT2D eigenvalue weighted by molar-refractivity contribution is 0.582. The number of nitrogens with two attached hydrogens (primary N) is 1. The summed E-state index contributed by atoms with van der Waals surface area (Å²) in [5.41, 5.74) is 6.41. The van der Waals surface area contributed by atoms with Crippen LogP contribution in [0.15, 0.2) is 6.20 Å². The topological polar surface area (TPSA) is 78.0 Å². The molecule has 0 aliphatic carbocycles. The molecule has 0 saturated heterocycles. The van der Waals surface area contributed by atoms with E-state index in [0.717, 1.165) is 5.56 Å². The van der Waals surface area contributed by atoms with E-state index in [1.807, 2.05) is 6.92 Å². The maximum atomic E-state index is 11.2. The zero-order valence-electron chi connectivity index (χ0n) is 8.40. The molecule has 0 aliphatic heterocycles. The largest absolute Gasteiger partial charge is 0.382 e. The van der Waals surface area contributed by atoms with E-state index in [1.54, 1.807) is 17.8 Å². The smallest absolute Gasteiger partial charge is 0.151 e. The highest BCUT2D eigenvalue weighted by molar-refractivity contribution is 7.91. The molecule has 80 valence electrons. The predicted molar refractivity (Wildman–Crippen MR) is 55.7 cm³/mol. The van der Waals surface area contributed by atoms with Gasteiger partial charge in [-0.1, -0.05) is 6.92 Å². The monoisotopic (exact) mass is 217 g/mol. The van der Waals surface area contributed by atoms with Crippen molar-refractivity contribution in [2.75, 3.05) is 17.2 Å². The molecule has 0 saturated carbocycles. The Labute approximate surface area is 83.8 Å². The van der Waals surface area contributed by atoms with E-state index in [9.17, 15) is 8.42 Å². The third-order valence-corrected chi connectivity index (χ3v) is 3.74. The molecule has 0 fully saturated rings. The molecular weight excluding hydrogens is 202 g/mol. The van der Waals surface area contributed by atoms with Gasteiger partial charge in [-0.05, 0) is 6.92 Å². The number of hydrogen-bond acceptors (Lipinski definition) is 4. The van der Waals surface area contributed by atoms with Gasteiger partial charge in [-0.15, -0.1) is 0 Å². The quantitative estimate of drug-likeness (QED) is 0.782. The molecule has 14 heavy (non-hydrogen) atoms. The summed E-state index contributed by atoms with van der Waals surface area (Å²) in [6.07, 6.45) is 1.75. The summed E-state index contributed by atoms with van der Waals surface area (Å²) in [4.78, 5) is 0. The second kappa shape index (κ2) is 4.00. The molecule has 0 unspecified atom stereocenters. The van der Waals surface area contributed by atoms with Gasteiger partial charge < -0.3 is 5.73 Å². The molecule has 0 radical (unpaired) electrons. The van der Waals surface area contributed by atoms with Gasteiger partial charge in [0.25, 0.3) is 0 Å². The Morgan fingerprint density at radius 2 is 2.21 bits per heavy atom. The maximum Gasteiger partial charge on any atom is 0.151 e. The average molecular weight is 217 g/mol. The van der Waals surface area contributed by atoms with Crippen molar-refractivity contribution in [1.29, 1.82) is 0 Å². The molecule has 2 N–H and O–H groups in total. The normalized spacial score (nSPS) is 11.9. The summed E-state index contributed by atoms with van der Waals surface area (Å²) >= 11 is 0. The molecule has 1 rings (SSSR count). The van der Waals surface area contributed by atoms with E-state index in [4.69, 9.17) is 5.73 Å². The lowest BCUT2D eigenvalue weighted by Crippen LogP contribution is -2.15. The Hall–Kier alpha value is -1.04. The van der Waals surface area contributed by atoms with Crippen molar-refractivity contribution in [2.45, 2.75) is 20.4 Å². The van der Waals surface area contributed by atoms with Gasteiger partial charge in [-0.25, -0.2) is 8.42 Å².